The van der Waals surface area contributed by atoms with Gasteiger partial charge in [0.05, 0.1) is 0 Å². The fourth-order valence-corrected chi connectivity index (χ4v) is 2.29. The van der Waals surface area contributed by atoms with Crippen molar-refractivity contribution in [2.24, 2.45) is 5.92 Å². The van der Waals surface area contributed by atoms with Gasteiger partial charge in [0.1, 0.15) is 0 Å². The molecule has 17 heavy (non-hydrogen) atoms. The second-order valence-electron chi connectivity index (χ2n) is 4.79. The average molecular weight is 223 g/mol. The van der Waals surface area contributed by atoms with Gasteiger partial charge in [-0.1, -0.05) is 54.6 Å². The van der Waals surface area contributed by atoms with Crippen LogP contribution < -0.4 is 5.32 Å². The summed E-state index contributed by atoms with van der Waals surface area (Å²) in [5, 5.41) is 3.32. The quantitative estimate of drug-likeness (QED) is 0.843. The van der Waals surface area contributed by atoms with Crippen LogP contribution in [0.15, 0.2) is 54.6 Å². The Morgan fingerprint density at radius 3 is 2.06 bits per heavy atom. The van der Waals surface area contributed by atoms with Gasteiger partial charge in [-0.05, 0) is 42.1 Å². The topological polar surface area (TPSA) is 12.0 Å². The number of hydrogen-bond acceptors (Lipinski definition) is 1. The molecule has 1 N–H and O–H groups in total. The number of rotatable bonds is 3. The van der Waals surface area contributed by atoms with Crippen LogP contribution in [-0.2, 0) is 6.42 Å². The zero-order chi connectivity index (χ0) is 11.5. The van der Waals surface area contributed by atoms with Gasteiger partial charge in [0.2, 0.25) is 0 Å². The first-order chi connectivity index (χ1) is 8.42. The second kappa shape index (κ2) is 4.72. The van der Waals surface area contributed by atoms with E-state index in [2.05, 4.69) is 59.9 Å². The summed E-state index contributed by atoms with van der Waals surface area (Å²) in [6.07, 6.45) is 1.21. The highest BCUT2D eigenvalue weighted by Crippen LogP contribution is 2.20. The molecular formula is C16H17N. The van der Waals surface area contributed by atoms with Crippen LogP contribution in [0.3, 0.4) is 0 Å². The van der Waals surface area contributed by atoms with E-state index in [4.69, 9.17) is 0 Å². The van der Waals surface area contributed by atoms with Gasteiger partial charge in [0, 0.05) is 0 Å². The predicted molar refractivity (Wildman–Crippen MR) is 71.9 cm³/mol. The van der Waals surface area contributed by atoms with E-state index in [-0.39, 0.29) is 0 Å². The van der Waals surface area contributed by atoms with Crippen LogP contribution in [0.25, 0.3) is 11.1 Å². The van der Waals surface area contributed by atoms with Crippen molar-refractivity contribution in [2.75, 3.05) is 13.1 Å². The number of nitrogens with one attached hydrogen (secondary N) is 1. The van der Waals surface area contributed by atoms with Crippen LogP contribution in [0, 0.1) is 5.92 Å². The molecule has 0 saturated carbocycles. The maximum absolute atomic E-state index is 3.32. The molecule has 1 aliphatic heterocycles. The van der Waals surface area contributed by atoms with Gasteiger partial charge in [-0.3, -0.25) is 0 Å². The lowest BCUT2D eigenvalue weighted by atomic mass is 9.93. The zero-order valence-corrected chi connectivity index (χ0v) is 9.89. The lowest BCUT2D eigenvalue weighted by Crippen LogP contribution is -2.43. The predicted octanol–water partition coefficient (Wildman–Crippen LogP) is 3.12. The van der Waals surface area contributed by atoms with Crippen LogP contribution in [0.5, 0.6) is 0 Å². The van der Waals surface area contributed by atoms with Crippen LogP contribution in [0.4, 0.5) is 0 Å². The monoisotopic (exact) mass is 223 g/mol. The van der Waals surface area contributed by atoms with E-state index < -0.39 is 0 Å². The van der Waals surface area contributed by atoms with E-state index in [1.165, 1.54) is 36.2 Å². The Morgan fingerprint density at radius 1 is 0.824 bits per heavy atom. The Labute approximate surface area is 102 Å². The molecule has 1 heterocycles. The minimum atomic E-state index is 0.845. The summed E-state index contributed by atoms with van der Waals surface area (Å²) in [5.74, 6) is 0.845. The smallest absolute Gasteiger partial charge is 0.000506 e. The fraction of sp³-hybridized carbons (Fsp3) is 0.250. The first kappa shape index (κ1) is 10.5. The summed E-state index contributed by atoms with van der Waals surface area (Å²) >= 11 is 0. The van der Waals surface area contributed by atoms with Gasteiger partial charge in [-0.2, -0.15) is 0 Å². The first-order valence-electron chi connectivity index (χ1n) is 6.27. The lowest BCUT2D eigenvalue weighted by Gasteiger charge is -2.27. The van der Waals surface area contributed by atoms with Crippen molar-refractivity contribution in [2.45, 2.75) is 6.42 Å². The van der Waals surface area contributed by atoms with Gasteiger partial charge in [-0.15, -0.1) is 0 Å². The molecule has 2 aromatic carbocycles. The van der Waals surface area contributed by atoms with Crippen LogP contribution in [0.2, 0.25) is 0 Å². The average Bonchev–Trinajstić information content (AvgIpc) is 2.36. The number of hydrogen-bond donors (Lipinski definition) is 1. The summed E-state index contributed by atoms with van der Waals surface area (Å²) < 4.78 is 0. The molecule has 0 unspecified atom stereocenters. The van der Waals surface area contributed by atoms with Crippen molar-refractivity contribution < 1.29 is 0 Å². The van der Waals surface area contributed by atoms with Crippen LogP contribution in [-0.4, -0.2) is 13.1 Å². The molecular weight excluding hydrogens is 206 g/mol. The van der Waals surface area contributed by atoms with Crippen molar-refractivity contribution in [1.29, 1.82) is 0 Å². The van der Waals surface area contributed by atoms with E-state index in [0.29, 0.717) is 0 Å². The summed E-state index contributed by atoms with van der Waals surface area (Å²) in [4.78, 5) is 0. The van der Waals surface area contributed by atoms with E-state index >= 15 is 0 Å². The molecule has 1 nitrogen and oxygen atoms in total. The molecule has 3 rings (SSSR count). The summed E-state index contributed by atoms with van der Waals surface area (Å²) in [5.41, 5.74) is 4.06. The minimum absolute atomic E-state index is 0.845. The van der Waals surface area contributed by atoms with Gasteiger partial charge in [0.15, 0.2) is 0 Å². The second-order valence-corrected chi connectivity index (χ2v) is 4.79. The highest BCUT2D eigenvalue weighted by atomic mass is 14.9. The summed E-state index contributed by atoms with van der Waals surface area (Å²) in [7, 11) is 0. The molecule has 1 aliphatic rings. The largest absolute Gasteiger partial charge is 0.316 e. The molecule has 0 spiro atoms. The van der Waals surface area contributed by atoms with Gasteiger partial charge in [0.25, 0.3) is 0 Å². The van der Waals surface area contributed by atoms with Gasteiger partial charge >= 0.3 is 0 Å². The third-order valence-electron chi connectivity index (χ3n) is 3.45. The maximum Gasteiger partial charge on any atom is -0.000506 e. The lowest BCUT2D eigenvalue weighted by molar-refractivity contribution is 0.346. The fourth-order valence-electron chi connectivity index (χ4n) is 2.29. The van der Waals surface area contributed by atoms with E-state index in [0.717, 1.165) is 5.92 Å². The van der Waals surface area contributed by atoms with Crippen molar-refractivity contribution in [3.8, 4) is 11.1 Å². The Balaban J connectivity index is 1.75. The normalized spacial score (nSPS) is 15.5. The molecule has 0 radical (unpaired) electrons. The highest BCUT2D eigenvalue weighted by Gasteiger charge is 2.16. The Hall–Kier alpha value is -1.60. The Bertz CT molecular complexity index is 469. The minimum Gasteiger partial charge on any atom is -0.316 e. The molecule has 1 saturated heterocycles. The molecule has 0 atom stereocenters. The number of benzene rings is 2. The van der Waals surface area contributed by atoms with E-state index in [1.807, 2.05) is 0 Å². The molecule has 0 amide bonds. The van der Waals surface area contributed by atoms with Crippen molar-refractivity contribution >= 4 is 0 Å². The van der Waals surface area contributed by atoms with Gasteiger partial charge < -0.3 is 5.32 Å². The SMILES string of the molecule is c1ccc(-c2ccc(CC3CNC3)cc2)cc1. The standard InChI is InChI=1S/C16H17N/c1-2-4-15(5-3-1)16-8-6-13(7-9-16)10-14-11-17-12-14/h1-9,14,17H,10-12H2. The molecule has 0 aliphatic carbocycles. The third kappa shape index (κ3) is 2.40. The molecule has 0 aromatic heterocycles. The molecule has 86 valence electrons. The van der Waals surface area contributed by atoms with Crippen molar-refractivity contribution in [1.82, 2.24) is 5.32 Å². The molecule has 1 heteroatoms. The third-order valence-corrected chi connectivity index (χ3v) is 3.45. The summed E-state index contributed by atoms with van der Waals surface area (Å²) in [6, 6.07) is 19.5. The first-order valence-corrected chi connectivity index (χ1v) is 6.27. The Kier molecular flexibility index (Phi) is 2.93. The molecule has 1 fully saturated rings. The highest BCUT2D eigenvalue weighted by molar-refractivity contribution is 5.63. The van der Waals surface area contributed by atoms with Gasteiger partial charge in [-0.25, -0.2) is 0 Å². The van der Waals surface area contributed by atoms with Crippen LogP contribution >= 0.6 is 0 Å². The van der Waals surface area contributed by atoms with Crippen molar-refractivity contribution in [3.05, 3.63) is 60.2 Å². The van der Waals surface area contributed by atoms with E-state index in [9.17, 15) is 0 Å². The summed E-state index contributed by atoms with van der Waals surface area (Å²) in [6.45, 7) is 2.36. The zero-order valence-electron chi connectivity index (χ0n) is 9.89. The molecule has 2 aromatic rings. The Morgan fingerprint density at radius 2 is 1.47 bits per heavy atom. The maximum atomic E-state index is 3.32. The van der Waals surface area contributed by atoms with Crippen LogP contribution in [0.1, 0.15) is 5.56 Å². The van der Waals surface area contributed by atoms with Crippen molar-refractivity contribution in [3.63, 3.8) is 0 Å². The molecule has 0 bridgehead atoms. The van der Waals surface area contributed by atoms with E-state index in [1.54, 1.807) is 0 Å².